The number of aromatic nitrogens is 1. The number of nitriles is 1. The Balaban J connectivity index is 2.74. The molecular weight excluding hydrogens is 216 g/mol. The van der Waals surface area contributed by atoms with Crippen LogP contribution in [0.5, 0.6) is 0 Å². The first-order valence-electron chi connectivity index (χ1n) is 5.43. The van der Waals surface area contributed by atoms with Crippen LogP contribution in [-0.4, -0.2) is 10.6 Å². The fraction of sp³-hybridized carbons (Fsp3) is 0.385. The van der Waals surface area contributed by atoms with E-state index >= 15 is 0 Å². The molecule has 0 spiro atoms. The van der Waals surface area contributed by atoms with Crippen molar-refractivity contribution in [3.8, 4) is 6.07 Å². The third kappa shape index (κ3) is 1.90. The van der Waals surface area contributed by atoms with Crippen LogP contribution in [0.3, 0.4) is 0 Å². The summed E-state index contributed by atoms with van der Waals surface area (Å²) in [5, 5.41) is 9.07. The van der Waals surface area contributed by atoms with Gasteiger partial charge in [-0.15, -0.1) is 0 Å². The molecule has 0 amide bonds. The molecule has 4 nitrogen and oxygen atoms in total. The van der Waals surface area contributed by atoms with E-state index in [2.05, 4.69) is 11.6 Å². The van der Waals surface area contributed by atoms with Crippen LogP contribution < -0.4 is 5.56 Å². The molecule has 4 heteroatoms. The summed E-state index contributed by atoms with van der Waals surface area (Å²) in [4.78, 5) is 14.4. The predicted molar refractivity (Wildman–Crippen MR) is 64.4 cm³/mol. The third-order valence-electron chi connectivity index (χ3n) is 2.99. The third-order valence-corrected chi connectivity index (χ3v) is 2.99. The van der Waals surface area contributed by atoms with Gasteiger partial charge in [-0.25, -0.2) is 0 Å². The Morgan fingerprint density at radius 1 is 1.53 bits per heavy atom. The summed E-state index contributed by atoms with van der Waals surface area (Å²) in [5.41, 5.74) is 1.82. The van der Waals surface area contributed by atoms with Crippen LogP contribution in [0.1, 0.15) is 36.2 Å². The maximum absolute atomic E-state index is 11.7. The Morgan fingerprint density at radius 3 is 2.82 bits per heavy atom. The van der Waals surface area contributed by atoms with Crippen LogP contribution >= 0.6 is 0 Å². The zero-order chi connectivity index (χ0) is 12.6. The normalized spacial score (nSPS) is 17.0. The minimum Gasteiger partial charge on any atom is -0.370 e. The topological polar surface area (TPSA) is 65.9 Å². The second-order valence-corrected chi connectivity index (χ2v) is 4.74. The molecule has 2 rings (SSSR count). The first-order chi connectivity index (χ1) is 7.98. The number of aromatic amines is 1. The Hall–Kier alpha value is -1.86. The highest BCUT2D eigenvalue weighted by molar-refractivity contribution is 5.54. The minimum atomic E-state index is -0.348. The molecule has 0 saturated carbocycles. The SMILES string of the molecule is C=Cc1[nH]c(=O)c(C#N)c2c1COC(C)(C)C2. The van der Waals surface area contributed by atoms with E-state index in [1.165, 1.54) is 0 Å². The molecule has 1 aromatic rings. The van der Waals surface area contributed by atoms with E-state index in [0.717, 1.165) is 11.1 Å². The number of pyridine rings is 1. The lowest BCUT2D eigenvalue weighted by atomic mass is 9.88. The number of rotatable bonds is 1. The number of nitrogens with one attached hydrogen (secondary N) is 1. The smallest absolute Gasteiger partial charge is 0.266 e. The van der Waals surface area contributed by atoms with E-state index in [4.69, 9.17) is 10.00 Å². The van der Waals surface area contributed by atoms with Crippen LogP contribution in [-0.2, 0) is 17.8 Å². The number of hydrogen-bond donors (Lipinski definition) is 1. The van der Waals surface area contributed by atoms with E-state index in [1.807, 2.05) is 19.9 Å². The molecule has 1 aromatic heterocycles. The van der Waals surface area contributed by atoms with E-state index < -0.39 is 0 Å². The summed E-state index contributed by atoms with van der Waals surface area (Å²) in [5.74, 6) is 0. The van der Waals surface area contributed by atoms with Crippen molar-refractivity contribution in [1.29, 1.82) is 5.26 Å². The van der Waals surface area contributed by atoms with Gasteiger partial charge in [-0.05, 0) is 25.5 Å². The summed E-state index contributed by atoms with van der Waals surface area (Å²) >= 11 is 0. The van der Waals surface area contributed by atoms with Crippen molar-refractivity contribution in [2.24, 2.45) is 0 Å². The zero-order valence-electron chi connectivity index (χ0n) is 9.96. The molecule has 0 saturated heterocycles. The Kier molecular flexibility index (Phi) is 2.64. The first-order valence-corrected chi connectivity index (χ1v) is 5.43. The van der Waals surface area contributed by atoms with Gasteiger partial charge in [-0.3, -0.25) is 4.79 Å². The molecule has 0 aliphatic carbocycles. The lowest BCUT2D eigenvalue weighted by Gasteiger charge is -2.32. The van der Waals surface area contributed by atoms with Gasteiger partial charge in [0, 0.05) is 17.7 Å². The molecule has 0 aromatic carbocycles. The fourth-order valence-electron chi connectivity index (χ4n) is 2.11. The van der Waals surface area contributed by atoms with Crippen LogP contribution in [0.4, 0.5) is 0 Å². The molecule has 0 unspecified atom stereocenters. The number of nitrogens with zero attached hydrogens (tertiary/aromatic N) is 1. The maximum Gasteiger partial charge on any atom is 0.266 e. The Labute approximate surface area is 99.5 Å². The molecule has 88 valence electrons. The quantitative estimate of drug-likeness (QED) is 0.799. The monoisotopic (exact) mass is 230 g/mol. The van der Waals surface area contributed by atoms with E-state index in [-0.39, 0.29) is 16.7 Å². The number of hydrogen-bond acceptors (Lipinski definition) is 3. The van der Waals surface area contributed by atoms with E-state index in [9.17, 15) is 4.79 Å². The van der Waals surface area contributed by atoms with Crippen molar-refractivity contribution in [2.45, 2.75) is 32.5 Å². The molecular formula is C13H14N2O2. The molecule has 0 fully saturated rings. The van der Waals surface area contributed by atoms with Gasteiger partial charge in [-0.1, -0.05) is 6.58 Å². The van der Waals surface area contributed by atoms with Gasteiger partial charge in [0.25, 0.3) is 5.56 Å². The van der Waals surface area contributed by atoms with Crippen LogP contribution in [0.15, 0.2) is 11.4 Å². The lowest BCUT2D eigenvalue weighted by Crippen LogP contribution is -2.35. The van der Waals surface area contributed by atoms with Crippen molar-refractivity contribution in [1.82, 2.24) is 4.98 Å². The zero-order valence-corrected chi connectivity index (χ0v) is 9.96. The van der Waals surface area contributed by atoms with Crippen molar-refractivity contribution < 1.29 is 4.74 Å². The Morgan fingerprint density at radius 2 is 2.24 bits per heavy atom. The van der Waals surface area contributed by atoms with Gasteiger partial charge in [0.1, 0.15) is 11.6 Å². The van der Waals surface area contributed by atoms with Gasteiger partial charge in [0.15, 0.2) is 0 Å². The summed E-state index contributed by atoms with van der Waals surface area (Å²) < 4.78 is 5.69. The molecule has 17 heavy (non-hydrogen) atoms. The molecule has 0 atom stereocenters. The lowest BCUT2D eigenvalue weighted by molar-refractivity contribution is -0.0404. The number of ether oxygens (including phenoxy) is 1. The van der Waals surface area contributed by atoms with Gasteiger partial charge in [0.2, 0.25) is 0 Å². The predicted octanol–water partition coefficient (Wildman–Crippen LogP) is 1.74. The summed E-state index contributed by atoms with van der Waals surface area (Å²) in [6.45, 7) is 7.96. The molecule has 1 aliphatic heterocycles. The Bertz CT molecular complexity index is 576. The van der Waals surface area contributed by atoms with E-state index in [0.29, 0.717) is 18.7 Å². The summed E-state index contributed by atoms with van der Waals surface area (Å²) in [7, 11) is 0. The molecule has 0 bridgehead atoms. The summed E-state index contributed by atoms with van der Waals surface area (Å²) in [6.07, 6.45) is 2.15. The second-order valence-electron chi connectivity index (χ2n) is 4.74. The molecule has 1 N–H and O–H groups in total. The van der Waals surface area contributed by atoms with Gasteiger partial charge >= 0.3 is 0 Å². The maximum atomic E-state index is 11.7. The van der Waals surface area contributed by atoms with Gasteiger partial charge in [-0.2, -0.15) is 5.26 Å². The number of H-pyrrole nitrogens is 1. The number of fused-ring (bicyclic) bond motifs is 1. The average Bonchev–Trinajstić information content (AvgIpc) is 2.26. The van der Waals surface area contributed by atoms with Crippen molar-refractivity contribution in [2.75, 3.05) is 0 Å². The fourth-order valence-corrected chi connectivity index (χ4v) is 2.11. The standard InChI is InChI=1S/C13H14N2O2/c1-4-11-10-7-17-13(2,3)5-8(10)9(6-14)12(16)15-11/h4H,1,5,7H2,2-3H3,(H,15,16). The van der Waals surface area contributed by atoms with Crippen LogP contribution in [0, 0.1) is 11.3 Å². The van der Waals surface area contributed by atoms with Gasteiger partial charge < -0.3 is 9.72 Å². The second kappa shape index (κ2) is 3.86. The van der Waals surface area contributed by atoms with Crippen LogP contribution in [0.2, 0.25) is 0 Å². The minimum absolute atomic E-state index is 0.196. The van der Waals surface area contributed by atoms with Crippen molar-refractivity contribution in [3.63, 3.8) is 0 Å². The first kappa shape index (κ1) is 11.6. The highest BCUT2D eigenvalue weighted by Crippen LogP contribution is 2.30. The van der Waals surface area contributed by atoms with Crippen LogP contribution in [0.25, 0.3) is 6.08 Å². The highest BCUT2D eigenvalue weighted by Gasteiger charge is 2.30. The molecule has 2 heterocycles. The summed E-state index contributed by atoms with van der Waals surface area (Å²) in [6, 6.07) is 1.98. The van der Waals surface area contributed by atoms with E-state index in [1.54, 1.807) is 6.08 Å². The van der Waals surface area contributed by atoms with Crippen molar-refractivity contribution >= 4 is 6.08 Å². The highest BCUT2D eigenvalue weighted by atomic mass is 16.5. The molecule has 0 radical (unpaired) electrons. The van der Waals surface area contributed by atoms with Gasteiger partial charge in [0.05, 0.1) is 12.2 Å². The largest absolute Gasteiger partial charge is 0.370 e. The van der Waals surface area contributed by atoms with Crippen molar-refractivity contribution in [3.05, 3.63) is 39.3 Å². The molecule has 1 aliphatic rings. The average molecular weight is 230 g/mol.